The number of oxime groups is 1. The smallest absolute Gasteiger partial charge is 1.00 e. The SMILES string of the molecule is C.CC(C)(C)OC(=O)N1CCN(c2cc(Cl)nnc2Cl)S1(=O)=O.CC(C)(C)OC(=O)N1CCN(c2ccnnc2)S1(=O)=O.CC(C)(C)OC(=O)N1CCNS1(=O)=O.CCO/N=C1\CCc2cc(OCCCCCN3CCN(c4ccnnc4)S3(=O)=O)ccc21.Clc1cc(Cl)c(Cl)nn1.O=CC(F)(F)F.O=S1(=O)NCCN1c1ccnnc1.[H-].[Na+]. The molecular weight excluding hydrogens is 1780 g/mol. The molecule has 5 aliphatic heterocycles. The number of carbonyl (C=O) groups is 4. The number of halogens is 8. The fraction of sp³-hybridized carbons (Fsp3) is 0.516. The summed E-state index contributed by atoms with van der Waals surface area (Å²) in [4.78, 5) is 49.2. The number of alkyl halides is 3. The Morgan fingerprint density at radius 3 is 1.44 bits per heavy atom. The molecule has 0 radical (unpaired) electrons. The summed E-state index contributed by atoms with van der Waals surface area (Å²) >= 11 is 27.9. The zero-order chi connectivity index (χ0) is 86.4. The van der Waals surface area contributed by atoms with Gasteiger partial charge in [-0.25, -0.2) is 23.0 Å². The number of nitrogens with one attached hydrogen (secondary N) is 2. The molecule has 6 aliphatic rings. The summed E-state index contributed by atoms with van der Waals surface area (Å²) in [5.74, 6) is 0.866. The van der Waals surface area contributed by atoms with Crippen molar-refractivity contribution in [3.63, 3.8) is 0 Å². The normalized spacial score (nSPS) is 17.5. The molecule has 0 unspecified atom stereocenters. The molecular formula is C64H88Cl5F3N21NaO19S5. The molecule has 10 heterocycles. The number of hydrogen-bond acceptors (Lipinski definition) is 30. The number of fused-ring (bicyclic) bond motifs is 1. The monoisotopic (exact) mass is 1870 g/mol. The van der Waals surface area contributed by atoms with Crippen molar-refractivity contribution in [3.8, 4) is 5.75 Å². The number of amides is 3. The third-order valence-corrected chi connectivity index (χ3v) is 24.8. The van der Waals surface area contributed by atoms with Gasteiger partial charge in [-0.05, 0) is 149 Å². The summed E-state index contributed by atoms with van der Waals surface area (Å²) in [7, 11) is -18.5. The maximum Gasteiger partial charge on any atom is 1.00 e. The Labute approximate surface area is 730 Å². The number of aldehydes is 1. The molecule has 1 aromatic carbocycles. The molecule has 118 heavy (non-hydrogen) atoms. The summed E-state index contributed by atoms with van der Waals surface area (Å²) < 4.78 is 185. The minimum absolute atomic E-state index is 0. The molecule has 0 atom stereocenters. The van der Waals surface area contributed by atoms with E-state index in [-0.39, 0.29) is 104 Å². The van der Waals surface area contributed by atoms with Crippen LogP contribution in [0.5, 0.6) is 5.75 Å². The Morgan fingerprint density at radius 2 is 0.992 bits per heavy atom. The van der Waals surface area contributed by atoms with Gasteiger partial charge in [-0.2, -0.15) is 113 Å². The van der Waals surface area contributed by atoms with Gasteiger partial charge < -0.3 is 25.2 Å². The van der Waals surface area contributed by atoms with Crippen LogP contribution in [0.4, 0.5) is 50.3 Å². The van der Waals surface area contributed by atoms with Crippen molar-refractivity contribution in [2.45, 2.75) is 132 Å². The van der Waals surface area contributed by atoms with Crippen molar-refractivity contribution >= 4 is 162 Å². The van der Waals surface area contributed by atoms with E-state index < -0.39 is 98.6 Å². The number of unbranched alkanes of at least 4 members (excludes halogenated alkanes) is 2. The van der Waals surface area contributed by atoms with E-state index in [1.54, 1.807) is 74.4 Å². The first-order valence-corrected chi connectivity index (χ1v) is 43.4. The second-order valence-electron chi connectivity index (χ2n) is 27.0. The van der Waals surface area contributed by atoms with Crippen LogP contribution in [0.1, 0.15) is 115 Å². The van der Waals surface area contributed by atoms with E-state index in [9.17, 15) is 69.6 Å². The number of rotatable bonds is 13. The standard InChI is InChI=1S/C22H29N5O4S.C11H14Cl2N4O4S.C11H16N4O4S.C7H14N2O4S.C6H8N4O2S.C4HCl3N2.C2HF3O.CH4.Na.H/c1-2-31-25-22-9-6-18-16-20(7-8-21(18)22)30-15-5-3-4-12-26-13-14-27(32(26,28)29)19-10-11-23-24-17-19;1-11(2,3)21-10(18)17-5-4-16(22(17,19)20)7-6-8(12)14-15-9(7)13;1-11(2,3)19-10(16)15-7-6-14(20(15,17)18)9-4-5-12-13-8-9;1-7(2,3)13-6(10)9-5-4-8-14(9,11)12;11-13(12)9-3-4-10(13)6-1-2-7-8-5-6;5-2-1-3(6)8-9-4(2)7;3-2(4,5)1-6;;;/h7-8,10-11,16-17H,2-6,9,12-15H2,1H3;6H,4-5H2,1-3H3;4-5,8H,6-7H2,1-3H3;8H,4-5H2,1-3H3;1-2,5,9H,3-4H2;1H;1H;1H4;;/q;;;;;;;;+1;-1/b25-22+;;;;;;;;;. The maximum atomic E-state index is 12.7. The van der Waals surface area contributed by atoms with Gasteiger partial charge in [0.05, 0.1) is 110 Å². The molecule has 0 spiro atoms. The number of hydrogen-bond donors (Lipinski definition) is 2. The van der Waals surface area contributed by atoms with Gasteiger partial charge in [0.2, 0.25) is 6.29 Å². The number of aryl methyl sites for hydroxylation is 1. The van der Waals surface area contributed by atoms with Crippen LogP contribution in [-0.2, 0) is 81.3 Å². The first kappa shape index (κ1) is 103. The summed E-state index contributed by atoms with van der Waals surface area (Å²) in [6.07, 6.45) is 4.65. The van der Waals surface area contributed by atoms with Crippen molar-refractivity contribution in [1.29, 1.82) is 0 Å². The molecule has 650 valence electrons. The molecule has 1 aliphatic carbocycles. The minimum Gasteiger partial charge on any atom is -1.00 e. The van der Waals surface area contributed by atoms with Gasteiger partial charge in [0.15, 0.2) is 20.6 Å². The van der Waals surface area contributed by atoms with Crippen LogP contribution in [0.3, 0.4) is 0 Å². The van der Waals surface area contributed by atoms with Crippen molar-refractivity contribution in [2.75, 3.05) is 102 Å². The van der Waals surface area contributed by atoms with Gasteiger partial charge in [0.25, 0.3) is 0 Å². The van der Waals surface area contributed by atoms with Crippen LogP contribution in [-0.4, -0.2) is 249 Å². The van der Waals surface area contributed by atoms with Gasteiger partial charge in [0, 0.05) is 50.9 Å². The molecule has 0 bridgehead atoms. The molecule has 2 N–H and O–H groups in total. The predicted molar refractivity (Wildman–Crippen MR) is 428 cm³/mol. The van der Waals surface area contributed by atoms with Gasteiger partial charge in [-0.1, -0.05) is 70.6 Å². The molecule has 6 aromatic rings. The van der Waals surface area contributed by atoms with Crippen molar-refractivity contribution in [3.05, 3.63) is 122 Å². The van der Waals surface area contributed by atoms with E-state index in [2.05, 4.69) is 77.7 Å². The molecule has 5 saturated heterocycles. The largest absolute Gasteiger partial charge is 1.00 e. The summed E-state index contributed by atoms with van der Waals surface area (Å²) in [6, 6.07) is 13.6. The molecule has 3 amide bonds. The number of aromatic nitrogens is 10. The first-order valence-electron chi connectivity index (χ1n) is 34.4. The van der Waals surface area contributed by atoms with E-state index in [0.29, 0.717) is 76.6 Å². The van der Waals surface area contributed by atoms with Crippen molar-refractivity contribution in [2.24, 2.45) is 5.16 Å². The first-order chi connectivity index (χ1) is 54.0. The maximum absolute atomic E-state index is 12.7. The van der Waals surface area contributed by atoms with E-state index >= 15 is 0 Å². The van der Waals surface area contributed by atoms with Gasteiger partial charge in [-0.15, -0.1) is 20.4 Å². The Kier molecular flexibility index (Phi) is 39.0. The molecule has 12 rings (SSSR count). The van der Waals surface area contributed by atoms with Crippen LogP contribution in [0.15, 0.2) is 90.9 Å². The van der Waals surface area contributed by atoms with Crippen LogP contribution in [0, 0.1) is 0 Å². The zero-order valence-electron chi connectivity index (χ0n) is 65.7. The predicted octanol–water partition coefficient (Wildman–Crippen LogP) is 5.78. The Hall–Kier alpha value is -7.56. The van der Waals surface area contributed by atoms with Crippen LogP contribution in [0.2, 0.25) is 25.6 Å². The van der Waals surface area contributed by atoms with Gasteiger partial charge >= 0.3 is 105 Å². The zero-order valence-corrected chi connectivity index (χ0v) is 74.6. The van der Waals surface area contributed by atoms with Crippen molar-refractivity contribution < 1.29 is 129 Å². The Morgan fingerprint density at radius 1 is 0.534 bits per heavy atom. The van der Waals surface area contributed by atoms with Crippen LogP contribution >= 0.6 is 58.0 Å². The van der Waals surface area contributed by atoms with Crippen molar-refractivity contribution in [1.82, 2.24) is 77.7 Å². The summed E-state index contributed by atoms with van der Waals surface area (Å²) in [5.41, 5.74) is 2.68. The summed E-state index contributed by atoms with van der Waals surface area (Å²) in [6.45, 7) is 21.0. The number of ether oxygens (including phenoxy) is 4. The fourth-order valence-electron chi connectivity index (χ4n) is 10.0. The molecule has 5 aromatic heterocycles. The van der Waals surface area contributed by atoms with E-state index in [1.807, 2.05) is 13.0 Å². The number of carbonyl (C=O) groups excluding carboxylic acids is 4. The quantitative estimate of drug-likeness (QED) is 0.0454. The van der Waals surface area contributed by atoms with Gasteiger partial charge in [0.1, 0.15) is 29.2 Å². The summed E-state index contributed by atoms with van der Waals surface area (Å²) in [5, 5.41) is 40.6. The van der Waals surface area contributed by atoms with E-state index in [0.717, 1.165) is 62.0 Å². The minimum atomic E-state index is -4.64. The number of nitrogens with zero attached hydrogens (tertiary/aromatic N) is 19. The average Bonchev–Trinajstić information content (AvgIpc) is 1.63. The molecule has 5 fully saturated rings. The third kappa shape index (κ3) is 31.2. The Balaban J connectivity index is 0.000000376. The fourth-order valence-corrected chi connectivity index (χ4v) is 17.7. The topological polar surface area (TPSA) is 476 Å². The molecule has 0 saturated carbocycles. The molecule has 40 nitrogen and oxygen atoms in total. The van der Waals surface area contributed by atoms with E-state index in [4.69, 9.17) is 86.6 Å². The molecule has 54 heteroatoms. The van der Waals surface area contributed by atoms with Crippen LogP contribution < -0.4 is 61.0 Å². The number of anilines is 4. The second kappa shape index (κ2) is 44.8. The van der Waals surface area contributed by atoms with Gasteiger partial charge in [-0.3, -0.25) is 13.4 Å². The second-order valence-corrected chi connectivity index (χ2v) is 37.6. The third-order valence-electron chi connectivity index (χ3n) is 14.8. The van der Waals surface area contributed by atoms with E-state index in [1.165, 1.54) is 73.9 Å². The number of benzene rings is 1. The Bertz CT molecular complexity index is 4990. The van der Waals surface area contributed by atoms with Crippen LogP contribution in [0.25, 0.3) is 0 Å². The average molecular weight is 1870 g/mol.